The van der Waals surface area contributed by atoms with Crippen LogP contribution in [0.1, 0.15) is 22.6 Å². The van der Waals surface area contributed by atoms with E-state index >= 15 is 0 Å². The first-order valence-corrected chi connectivity index (χ1v) is 4.89. The van der Waals surface area contributed by atoms with E-state index in [1.54, 1.807) is 6.07 Å². The van der Waals surface area contributed by atoms with Gasteiger partial charge in [-0.25, -0.2) is 4.98 Å². The molecule has 0 unspecified atom stereocenters. The summed E-state index contributed by atoms with van der Waals surface area (Å²) in [4.78, 5) is 17.8. The number of carbonyl (C=O) groups is 1. The summed E-state index contributed by atoms with van der Waals surface area (Å²) in [6, 6.07) is 1.79. The van der Waals surface area contributed by atoms with Gasteiger partial charge in [0, 0.05) is 25.7 Å². The summed E-state index contributed by atoms with van der Waals surface area (Å²) in [6.45, 7) is 2.56. The monoisotopic (exact) mass is 210 g/mol. The number of aryl methyl sites for hydroxylation is 1. The van der Waals surface area contributed by atoms with E-state index in [4.69, 9.17) is 11.6 Å². The van der Waals surface area contributed by atoms with E-state index in [1.165, 1.54) is 0 Å². The van der Waals surface area contributed by atoms with Crippen molar-refractivity contribution in [3.63, 3.8) is 0 Å². The molecule has 0 spiro atoms. The Morgan fingerprint density at radius 3 is 3.00 bits per heavy atom. The van der Waals surface area contributed by atoms with Crippen LogP contribution >= 0.6 is 11.6 Å². The predicted octanol–water partition coefficient (Wildman–Crippen LogP) is 2.07. The van der Waals surface area contributed by atoms with Gasteiger partial charge in [0.15, 0.2) is 5.78 Å². The Morgan fingerprint density at radius 2 is 2.29 bits per heavy atom. The Kier molecular flexibility index (Phi) is 2.19. The third kappa shape index (κ3) is 1.38. The molecule has 0 aromatic carbocycles. The number of aromatic nitrogens is 1. The molecule has 74 valence electrons. The van der Waals surface area contributed by atoms with E-state index in [2.05, 4.69) is 4.98 Å². The van der Waals surface area contributed by atoms with Gasteiger partial charge in [-0.15, -0.1) is 0 Å². The Morgan fingerprint density at radius 1 is 1.57 bits per heavy atom. The lowest BCUT2D eigenvalue weighted by Crippen LogP contribution is -2.29. The van der Waals surface area contributed by atoms with Crippen LogP contribution in [0.4, 0.5) is 5.69 Å². The van der Waals surface area contributed by atoms with Crippen molar-refractivity contribution < 1.29 is 4.79 Å². The molecule has 0 atom stereocenters. The summed E-state index contributed by atoms with van der Waals surface area (Å²) in [5.41, 5.74) is 2.08. The number of carbonyl (C=O) groups excluding carboxylic acids is 1. The highest BCUT2D eigenvalue weighted by Crippen LogP contribution is 2.32. The lowest BCUT2D eigenvalue weighted by Gasteiger charge is -2.26. The Hall–Kier alpha value is -1.09. The van der Waals surface area contributed by atoms with Gasteiger partial charge in [0.1, 0.15) is 5.69 Å². The van der Waals surface area contributed by atoms with Gasteiger partial charge in [-0.2, -0.15) is 0 Å². The van der Waals surface area contributed by atoms with E-state index in [0.717, 1.165) is 17.9 Å². The van der Waals surface area contributed by atoms with Gasteiger partial charge >= 0.3 is 0 Å². The van der Waals surface area contributed by atoms with Crippen molar-refractivity contribution >= 4 is 23.1 Å². The first-order chi connectivity index (χ1) is 6.59. The Bertz CT molecular complexity index is 403. The van der Waals surface area contributed by atoms with Gasteiger partial charge in [-0.3, -0.25) is 4.79 Å². The molecule has 3 nitrogen and oxygen atoms in total. The summed E-state index contributed by atoms with van der Waals surface area (Å²) >= 11 is 6.07. The number of halogens is 1. The fourth-order valence-corrected chi connectivity index (χ4v) is 2.08. The summed E-state index contributed by atoms with van der Waals surface area (Å²) in [5, 5.41) is 0.614. The van der Waals surface area contributed by atoms with Crippen molar-refractivity contribution in [2.75, 3.05) is 18.5 Å². The zero-order valence-corrected chi connectivity index (χ0v) is 8.93. The minimum absolute atomic E-state index is 0.0868. The van der Waals surface area contributed by atoms with E-state index in [0.29, 0.717) is 17.1 Å². The topological polar surface area (TPSA) is 33.2 Å². The summed E-state index contributed by atoms with van der Waals surface area (Å²) in [5.74, 6) is 0.0868. The number of pyridine rings is 1. The molecule has 0 saturated heterocycles. The van der Waals surface area contributed by atoms with Crippen LogP contribution in [0.2, 0.25) is 5.02 Å². The van der Waals surface area contributed by atoms with Crippen molar-refractivity contribution in [3.05, 3.63) is 22.5 Å². The van der Waals surface area contributed by atoms with Crippen LogP contribution in [-0.2, 0) is 0 Å². The number of ketones is 1. The third-order valence-corrected chi connectivity index (χ3v) is 2.68. The fourth-order valence-electron chi connectivity index (χ4n) is 1.68. The average Bonchev–Trinajstić information content (AvgIpc) is 2.10. The second kappa shape index (κ2) is 3.24. The highest BCUT2D eigenvalue weighted by molar-refractivity contribution is 6.34. The molecule has 0 radical (unpaired) electrons. The molecule has 1 aliphatic heterocycles. The first kappa shape index (κ1) is 9.46. The second-order valence-electron chi connectivity index (χ2n) is 3.54. The van der Waals surface area contributed by atoms with Crippen molar-refractivity contribution in [2.45, 2.75) is 13.3 Å². The second-order valence-corrected chi connectivity index (χ2v) is 3.94. The predicted molar refractivity (Wildman–Crippen MR) is 56.2 cm³/mol. The highest BCUT2D eigenvalue weighted by atomic mass is 35.5. The Balaban J connectivity index is 2.66. The van der Waals surface area contributed by atoms with E-state index in [1.807, 2.05) is 18.9 Å². The van der Waals surface area contributed by atoms with Gasteiger partial charge in [0.2, 0.25) is 0 Å². The van der Waals surface area contributed by atoms with Gasteiger partial charge in [-0.1, -0.05) is 11.6 Å². The molecule has 1 aromatic rings. The van der Waals surface area contributed by atoms with Crippen LogP contribution in [0.5, 0.6) is 0 Å². The summed E-state index contributed by atoms with van der Waals surface area (Å²) < 4.78 is 0. The maximum absolute atomic E-state index is 11.6. The van der Waals surface area contributed by atoms with Crippen LogP contribution in [0, 0.1) is 6.92 Å². The number of hydrogen-bond donors (Lipinski definition) is 0. The van der Waals surface area contributed by atoms with Crippen molar-refractivity contribution in [2.24, 2.45) is 0 Å². The molecule has 2 heterocycles. The number of Topliss-reactive ketones (excluding diaryl/α,β-unsaturated/α-hetero) is 1. The number of hydrogen-bond acceptors (Lipinski definition) is 3. The molecule has 0 N–H and O–H groups in total. The maximum atomic E-state index is 11.6. The SMILES string of the molecule is Cc1cc(Cl)c2c(n1)C(=O)CCN2C. The van der Waals surface area contributed by atoms with E-state index in [9.17, 15) is 4.79 Å². The first-order valence-electron chi connectivity index (χ1n) is 4.51. The number of nitrogens with zero attached hydrogens (tertiary/aromatic N) is 2. The lowest BCUT2D eigenvalue weighted by atomic mass is 10.1. The van der Waals surface area contributed by atoms with Gasteiger partial charge in [-0.05, 0) is 13.0 Å². The normalized spacial score (nSPS) is 15.6. The molecule has 0 amide bonds. The smallest absolute Gasteiger partial charge is 0.185 e. The lowest BCUT2D eigenvalue weighted by molar-refractivity contribution is 0.0975. The minimum Gasteiger partial charge on any atom is -0.371 e. The number of fused-ring (bicyclic) bond motifs is 1. The minimum atomic E-state index is 0.0868. The zero-order valence-electron chi connectivity index (χ0n) is 8.17. The molecule has 2 rings (SSSR count). The van der Waals surface area contributed by atoms with Crippen LogP contribution < -0.4 is 4.90 Å². The zero-order chi connectivity index (χ0) is 10.3. The maximum Gasteiger partial charge on any atom is 0.185 e. The molecule has 0 aliphatic carbocycles. The van der Waals surface area contributed by atoms with Crippen molar-refractivity contribution in [1.82, 2.24) is 4.98 Å². The molecule has 0 bridgehead atoms. The van der Waals surface area contributed by atoms with Crippen molar-refractivity contribution in [1.29, 1.82) is 0 Å². The molecule has 4 heteroatoms. The van der Waals surface area contributed by atoms with Crippen molar-refractivity contribution in [3.8, 4) is 0 Å². The highest BCUT2D eigenvalue weighted by Gasteiger charge is 2.24. The molecular formula is C10H11ClN2O. The van der Waals surface area contributed by atoms with Gasteiger partial charge in [0.25, 0.3) is 0 Å². The summed E-state index contributed by atoms with van der Waals surface area (Å²) in [7, 11) is 1.92. The van der Waals surface area contributed by atoms with E-state index < -0.39 is 0 Å². The molecular weight excluding hydrogens is 200 g/mol. The average molecular weight is 211 g/mol. The fraction of sp³-hybridized carbons (Fsp3) is 0.400. The third-order valence-electron chi connectivity index (χ3n) is 2.39. The quantitative estimate of drug-likeness (QED) is 0.657. The molecule has 1 aliphatic rings. The standard InChI is InChI=1S/C10H11ClN2O/c1-6-5-7(11)10-9(12-6)8(14)3-4-13(10)2/h5H,3-4H2,1-2H3. The number of rotatable bonds is 0. The molecule has 0 fully saturated rings. The van der Waals surface area contributed by atoms with Crippen LogP contribution in [0.25, 0.3) is 0 Å². The van der Waals surface area contributed by atoms with Crippen LogP contribution in [0.15, 0.2) is 6.07 Å². The van der Waals surface area contributed by atoms with E-state index in [-0.39, 0.29) is 5.78 Å². The molecule has 1 aromatic heterocycles. The summed E-state index contributed by atoms with van der Waals surface area (Å²) in [6.07, 6.45) is 0.524. The van der Waals surface area contributed by atoms with Crippen LogP contribution in [-0.4, -0.2) is 24.4 Å². The van der Waals surface area contributed by atoms with Gasteiger partial charge < -0.3 is 4.90 Å². The Labute approximate surface area is 87.7 Å². The molecule has 14 heavy (non-hydrogen) atoms. The largest absolute Gasteiger partial charge is 0.371 e. The number of anilines is 1. The molecule has 0 saturated carbocycles. The van der Waals surface area contributed by atoms with Gasteiger partial charge in [0.05, 0.1) is 10.7 Å². The van der Waals surface area contributed by atoms with Crippen LogP contribution in [0.3, 0.4) is 0 Å².